The van der Waals surface area contributed by atoms with Gasteiger partial charge in [0, 0.05) is 11.8 Å². The SMILES string of the molecule is Cc1nc2ccccc2c(=O)n1OS(=O)(=O)CN1C(=O)C(C)C(C)C1=O. The van der Waals surface area contributed by atoms with Crippen molar-refractivity contribution in [1.82, 2.24) is 14.6 Å². The molecular weight excluding hydrogens is 362 g/mol. The quantitative estimate of drug-likeness (QED) is 0.690. The number of nitrogens with zero attached hydrogens (tertiary/aromatic N) is 3. The van der Waals surface area contributed by atoms with Crippen LogP contribution in [0.25, 0.3) is 10.9 Å². The number of fused-ring (bicyclic) bond motifs is 1. The van der Waals surface area contributed by atoms with Crippen LogP contribution in [0.5, 0.6) is 0 Å². The van der Waals surface area contributed by atoms with Gasteiger partial charge in [-0.15, -0.1) is 4.73 Å². The van der Waals surface area contributed by atoms with Crippen LogP contribution in [0.1, 0.15) is 19.7 Å². The van der Waals surface area contributed by atoms with Gasteiger partial charge in [0.25, 0.3) is 5.56 Å². The molecule has 10 heteroatoms. The Kier molecular flexibility index (Phi) is 4.31. The molecule has 2 heterocycles. The molecule has 2 unspecified atom stereocenters. The van der Waals surface area contributed by atoms with E-state index in [2.05, 4.69) is 4.98 Å². The van der Waals surface area contributed by atoms with E-state index in [-0.39, 0.29) is 11.2 Å². The molecule has 0 radical (unpaired) electrons. The molecule has 1 aliphatic heterocycles. The van der Waals surface area contributed by atoms with E-state index in [4.69, 9.17) is 4.28 Å². The zero-order valence-electron chi connectivity index (χ0n) is 14.4. The van der Waals surface area contributed by atoms with Crippen LogP contribution in [0.3, 0.4) is 0 Å². The molecule has 1 saturated heterocycles. The molecule has 0 N–H and O–H groups in total. The third-order valence-electron chi connectivity index (χ3n) is 4.43. The van der Waals surface area contributed by atoms with Crippen molar-refractivity contribution in [1.29, 1.82) is 0 Å². The number of rotatable bonds is 4. The fourth-order valence-corrected chi connectivity index (χ4v) is 3.79. The van der Waals surface area contributed by atoms with Gasteiger partial charge in [-0.25, -0.2) is 4.98 Å². The summed E-state index contributed by atoms with van der Waals surface area (Å²) in [6, 6.07) is 6.42. The molecule has 0 spiro atoms. The Morgan fingerprint density at radius 3 is 2.27 bits per heavy atom. The van der Waals surface area contributed by atoms with E-state index in [1.54, 1.807) is 32.0 Å². The van der Waals surface area contributed by atoms with E-state index in [0.29, 0.717) is 15.1 Å². The molecule has 2 aromatic rings. The number of benzene rings is 1. The third kappa shape index (κ3) is 2.96. The van der Waals surface area contributed by atoms with E-state index in [1.165, 1.54) is 13.0 Å². The van der Waals surface area contributed by atoms with Crippen molar-refractivity contribution in [2.24, 2.45) is 11.8 Å². The molecule has 138 valence electrons. The van der Waals surface area contributed by atoms with E-state index in [0.717, 1.165) is 0 Å². The van der Waals surface area contributed by atoms with Crippen LogP contribution in [-0.4, -0.2) is 40.7 Å². The van der Waals surface area contributed by atoms with E-state index < -0.39 is 45.2 Å². The van der Waals surface area contributed by atoms with Crippen molar-refractivity contribution in [2.75, 3.05) is 5.88 Å². The Morgan fingerprint density at radius 2 is 1.65 bits per heavy atom. The van der Waals surface area contributed by atoms with Gasteiger partial charge < -0.3 is 0 Å². The molecule has 2 amide bonds. The molecule has 9 nitrogen and oxygen atoms in total. The number of carbonyl (C=O) groups excluding carboxylic acids is 2. The molecule has 3 rings (SSSR count). The smallest absolute Gasteiger partial charge is 0.281 e. The fourth-order valence-electron chi connectivity index (χ4n) is 2.77. The van der Waals surface area contributed by atoms with Crippen molar-refractivity contribution in [3.05, 3.63) is 40.4 Å². The van der Waals surface area contributed by atoms with Crippen LogP contribution in [0.2, 0.25) is 0 Å². The van der Waals surface area contributed by atoms with Crippen LogP contribution in [0.4, 0.5) is 0 Å². The van der Waals surface area contributed by atoms with Gasteiger partial charge >= 0.3 is 10.1 Å². The van der Waals surface area contributed by atoms with E-state index in [9.17, 15) is 22.8 Å². The normalized spacial score (nSPS) is 20.8. The lowest BCUT2D eigenvalue weighted by atomic mass is 10.00. The molecule has 0 bridgehead atoms. The van der Waals surface area contributed by atoms with Crippen molar-refractivity contribution >= 4 is 32.8 Å². The Hall–Kier alpha value is -2.75. The molecule has 1 aromatic heterocycles. The molecule has 2 atom stereocenters. The van der Waals surface area contributed by atoms with Gasteiger partial charge in [-0.1, -0.05) is 26.0 Å². The zero-order chi connectivity index (χ0) is 19.2. The van der Waals surface area contributed by atoms with Gasteiger partial charge in [0.15, 0.2) is 5.88 Å². The summed E-state index contributed by atoms with van der Waals surface area (Å²) in [5, 5.41) is 0.184. The minimum absolute atomic E-state index is 0.0260. The maximum Gasteiger partial charge on any atom is 0.346 e. The maximum atomic E-state index is 12.5. The second kappa shape index (κ2) is 6.20. The zero-order valence-corrected chi connectivity index (χ0v) is 15.2. The van der Waals surface area contributed by atoms with Gasteiger partial charge in [-0.3, -0.25) is 23.6 Å². The van der Waals surface area contributed by atoms with Gasteiger partial charge in [0.05, 0.1) is 10.9 Å². The number of aromatic nitrogens is 2. The Bertz CT molecular complexity index is 1060. The number of hydrogen-bond donors (Lipinski definition) is 0. The minimum Gasteiger partial charge on any atom is -0.281 e. The third-order valence-corrected chi connectivity index (χ3v) is 5.38. The second-order valence-corrected chi connectivity index (χ2v) is 7.74. The largest absolute Gasteiger partial charge is 0.346 e. The van der Waals surface area contributed by atoms with Crippen molar-refractivity contribution in [3.8, 4) is 0 Å². The van der Waals surface area contributed by atoms with Crippen LogP contribution in [0, 0.1) is 18.8 Å². The first-order chi connectivity index (χ1) is 12.1. The molecular formula is C16H17N3O6S. The van der Waals surface area contributed by atoms with Crippen LogP contribution in [0.15, 0.2) is 29.1 Å². The number of amides is 2. The summed E-state index contributed by atoms with van der Waals surface area (Å²) in [6.45, 7) is 4.53. The lowest BCUT2D eigenvalue weighted by molar-refractivity contribution is -0.138. The Labute approximate surface area is 149 Å². The summed E-state index contributed by atoms with van der Waals surface area (Å²) in [7, 11) is -4.44. The molecule has 0 saturated carbocycles. The monoisotopic (exact) mass is 379 g/mol. The predicted octanol–water partition coefficient (Wildman–Crippen LogP) is 0.0618. The van der Waals surface area contributed by atoms with E-state index >= 15 is 0 Å². The first kappa shape index (κ1) is 18.1. The number of carbonyl (C=O) groups is 2. The lowest BCUT2D eigenvalue weighted by Crippen LogP contribution is -2.41. The first-order valence-electron chi connectivity index (χ1n) is 7.88. The highest BCUT2D eigenvalue weighted by atomic mass is 32.2. The molecule has 1 aromatic carbocycles. The number of likely N-dealkylation sites (tertiary alicyclic amines) is 1. The van der Waals surface area contributed by atoms with Gasteiger partial charge in [0.2, 0.25) is 11.8 Å². The molecule has 0 aliphatic carbocycles. The van der Waals surface area contributed by atoms with Crippen LogP contribution >= 0.6 is 0 Å². The number of para-hydroxylation sites is 1. The lowest BCUT2D eigenvalue weighted by Gasteiger charge is -2.16. The Balaban J connectivity index is 1.94. The highest BCUT2D eigenvalue weighted by Gasteiger charge is 2.44. The molecule has 1 fully saturated rings. The molecule has 26 heavy (non-hydrogen) atoms. The topological polar surface area (TPSA) is 116 Å². The highest BCUT2D eigenvalue weighted by Crippen LogP contribution is 2.25. The summed E-state index contributed by atoms with van der Waals surface area (Å²) in [5.74, 6) is -3.32. The average molecular weight is 379 g/mol. The maximum absolute atomic E-state index is 12.5. The fraction of sp³-hybridized carbons (Fsp3) is 0.375. The van der Waals surface area contributed by atoms with Crippen molar-refractivity contribution < 1.29 is 22.3 Å². The Morgan fingerprint density at radius 1 is 1.08 bits per heavy atom. The summed E-state index contributed by atoms with van der Waals surface area (Å²) in [4.78, 5) is 41.4. The van der Waals surface area contributed by atoms with Crippen molar-refractivity contribution in [3.63, 3.8) is 0 Å². The predicted molar refractivity (Wildman–Crippen MR) is 91.3 cm³/mol. The summed E-state index contributed by atoms with van der Waals surface area (Å²) in [6.07, 6.45) is 0. The second-order valence-electron chi connectivity index (χ2n) is 6.22. The van der Waals surface area contributed by atoms with Gasteiger partial charge in [-0.05, 0) is 19.1 Å². The van der Waals surface area contributed by atoms with Crippen LogP contribution in [-0.2, 0) is 19.7 Å². The summed E-state index contributed by atoms with van der Waals surface area (Å²) >= 11 is 0. The first-order valence-corrected chi connectivity index (χ1v) is 9.46. The average Bonchev–Trinajstić information content (AvgIpc) is 2.76. The summed E-state index contributed by atoms with van der Waals surface area (Å²) < 4.78 is 30.1. The van der Waals surface area contributed by atoms with Gasteiger partial charge in [-0.2, -0.15) is 8.42 Å². The number of hydrogen-bond acceptors (Lipinski definition) is 7. The molecule has 1 aliphatic rings. The summed E-state index contributed by atoms with van der Waals surface area (Å²) in [5.41, 5.74) is -0.294. The standard InChI is InChI=1S/C16H17N3O6S/c1-9-10(2)15(21)18(14(9)20)8-26(23,24)25-19-11(3)17-13-7-5-4-6-12(13)16(19)22/h4-7,9-10H,8H2,1-3H3. The number of imide groups is 1. The number of aryl methyl sites for hydroxylation is 1. The van der Waals surface area contributed by atoms with Gasteiger partial charge in [0.1, 0.15) is 5.82 Å². The van der Waals surface area contributed by atoms with Crippen LogP contribution < -0.4 is 9.84 Å². The minimum atomic E-state index is -4.44. The highest BCUT2D eigenvalue weighted by molar-refractivity contribution is 7.86. The van der Waals surface area contributed by atoms with Crippen molar-refractivity contribution in [2.45, 2.75) is 20.8 Å². The van der Waals surface area contributed by atoms with E-state index in [1.807, 2.05) is 0 Å².